The van der Waals surface area contributed by atoms with E-state index in [1.807, 2.05) is 0 Å². The summed E-state index contributed by atoms with van der Waals surface area (Å²) in [6, 6.07) is 3.70. The molecule has 0 aromatic carbocycles. The number of aromatic amines is 1. The third kappa shape index (κ3) is 5.50. The molecule has 0 bridgehead atoms. The standard InChI is InChI=1S/C21H19ClF3N7O3/c22-15-8-12(21(23,24)25)10-27-16(15)3-4-26-19(34)17-9-13-11-31(6-1-7-32(13)30-17)20(35)14-2-5-28-29-18(14)33/h2,5,8-10H,1,3-4,6-7,11H2,(H,26,34)(H,29,33). The molecule has 0 saturated carbocycles. The number of amides is 2. The fourth-order valence-electron chi connectivity index (χ4n) is 3.62. The Labute approximate surface area is 201 Å². The zero-order valence-corrected chi connectivity index (χ0v) is 18.9. The lowest BCUT2D eigenvalue weighted by Crippen LogP contribution is -2.34. The molecule has 0 saturated heterocycles. The number of hydrogen-bond donors (Lipinski definition) is 2. The number of carbonyl (C=O) groups excluding carboxylic acids is 2. The minimum Gasteiger partial charge on any atom is -0.350 e. The number of hydrogen-bond acceptors (Lipinski definition) is 6. The summed E-state index contributed by atoms with van der Waals surface area (Å²) >= 11 is 5.90. The number of carbonyl (C=O) groups is 2. The maximum absolute atomic E-state index is 12.8. The van der Waals surface area contributed by atoms with Crippen LogP contribution < -0.4 is 10.9 Å². The third-order valence-electron chi connectivity index (χ3n) is 5.38. The van der Waals surface area contributed by atoms with Crippen LogP contribution in [0.5, 0.6) is 0 Å². The highest BCUT2D eigenvalue weighted by Crippen LogP contribution is 2.31. The number of alkyl halides is 3. The Kier molecular flexibility index (Phi) is 6.87. The third-order valence-corrected chi connectivity index (χ3v) is 5.71. The van der Waals surface area contributed by atoms with Crippen molar-refractivity contribution in [3.8, 4) is 0 Å². The zero-order chi connectivity index (χ0) is 25.2. The minimum atomic E-state index is -4.54. The van der Waals surface area contributed by atoms with Crippen LogP contribution in [-0.2, 0) is 25.7 Å². The molecule has 10 nitrogen and oxygen atoms in total. The Morgan fingerprint density at radius 1 is 1.23 bits per heavy atom. The molecule has 2 N–H and O–H groups in total. The Morgan fingerprint density at radius 2 is 2.03 bits per heavy atom. The molecule has 1 aliphatic rings. The fourth-order valence-corrected chi connectivity index (χ4v) is 3.88. The minimum absolute atomic E-state index is 0.0264. The van der Waals surface area contributed by atoms with E-state index in [0.717, 1.165) is 6.07 Å². The van der Waals surface area contributed by atoms with Crippen LogP contribution in [0, 0.1) is 0 Å². The number of aryl methyl sites for hydroxylation is 1. The van der Waals surface area contributed by atoms with E-state index in [4.69, 9.17) is 11.6 Å². The average molecular weight is 510 g/mol. The van der Waals surface area contributed by atoms with Crippen molar-refractivity contribution < 1.29 is 22.8 Å². The van der Waals surface area contributed by atoms with Crippen molar-refractivity contribution in [2.75, 3.05) is 13.1 Å². The molecule has 1 aliphatic heterocycles. The van der Waals surface area contributed by atoms with Gasteiger partial charge in [-0.15, -0.1) is 0 Å². The second kappa shape index (κ2) is 9.86. The molecule has 4 rings (SSSR count). The molecule has 0 spiro atoms. The second-order valence-corrected chi connectivity index (χ2v) is 8.19. The molecular weight excluding hydrogens is 491 g/mol. The molecule has 0 atom stereocenters. The molecule has 35 heavy (non-hydrogen) atoms. The van der Waals surface area contributed by atoms with Crippen LogP contribution in [0.3, 0.4) is 0 Å². The SMILES string of the molecule is O=C(NCCc1ncc(C(F)(F)F)cc1Cl)c1cc2n(n1)CCCN(C(=O)c1ccn[nH]c1=O)C2. The average Bonchev–Trinajstić information content (AvgIpc) is 3.10. The molecule has 0 unspecified atom stereocenters. The number of halogens is 4. The number of aromatic nitrogens is 5. The van der Waals surface area contributed by atoms with Crippen molar-refractivity contribution in [3.05, 3.63) is 74.2 Å². The lowest BCUT2D eigenvalue weighted by Gasteiger charge is -2.19. The molecule has 2 amide bonds. The van der Waals surface area contributed by atoms with Crippen LogP contribution in [0.15, 0.2) is 35.4 Å². The van der Waals surface area contributed by atoms with Gasteiger partial charge in [0.25, 0.3) is 17.4 Å². The van der Waals surface area contributed by atoms with Gasteiger partial charge in [0.15, 0.2) is 5.69 Å². The quantitative estimate of drug-likeness (QED) is 0.542. The van der Waals surface area contributed by atoms with E-state index >= 15 is 0 Å². The summed E-state index contributed by atoms with van der Waals surface area (Å²) in [7, 11) is 0. The highest BCUT2D eigenvalue weighted by atomic mass is 35.5. The van der Waals surface area contributed by atoms with Gasteiger partial charge in [-0.25, -0.2) is 5.10 Å². The molecular formula is C21H19ClF3N7O3. The van der Waals surface area contributed by atoms with Crippen molar-refractivity contribution in [2.45, 2.75) is 32.1 Å². The van der Waals surface area contributed by atoms with E-state index < -0.39 is 29.1 Å². The lowest BCUT2D eigenvalue weighted by atomic mass is 10.2. The van der Waals surface area contributed by atoms with Gasteiger partial charge in [-0.05, 0) is 24.6 Å². The molecule has 3 aromatic heterocycles. The molecule has 4 heterocycles. The number of fused-ring (bicyclic) bond motifs is 1. The number of nitrogens with zero attached hydrogens (tertiary/aromatic N) is 5. The van der Waals surface area contributed by atoms with Crippen LogP contribution >= 0.6 is 11.6 Å². The maximum atomic E-state index is 12.8. The van der Waals surface area contributed by atoms with Crippen LogP contribution in [0.4, 0.5) is 13.2 Å². The summed E-state index contributed by atoms with van der Waals surface area (Å²) in [5, 5.41) is 12.6. The van der Waals surface area contributed by atoms with Crippen molar-refractivity contribution in [2.24, 2.45) is 0 Å². The highest BCUT2D eigenvalue weighted by molar-refractivity contribution is 6.31. The first-order valence-electron chi connectivity index (χ1n) is 10.5. The largest absolute Gasteiger partial charge is 0.417 e. The molecule has 0 fully saturated rings. The topological polar surface area (TPSA) is 126 Å². The summed E-state index contributed by atoms with van der Waals surface area (Å²) in [5.41, 5.74) is -0.586. The second-order valence-electron chi connectivity index (χ2n) is 7.78. The normalized spacial score (nSPS) is 13.8. The first kappa shape index (κ1) is 24.4. The van der Waals surface area contributed by atoms with Gasteiger partial charge in [0.2, 0.25) is 0 Å². The van der Waals surface area contributed by atoms with Gasteiger partial charge in [0.1, 0.15) is 5.56 Å². The Bertz CT molecular complexity index is 1320. The van der Waals surface area contributed by atoms with Gasteiger partial charge in [-0.1, -0.05) is 11.6 Å². The van der Waals surface area contributed by atoms with Gasteiger partial charge in [0, 0.05) is 38.4 Å². The van der Waals surface area contributed by atoms with Crippen LogP contribution in [0.1, 0.15) is 44.2 Å². The van der Waals surface area contributed by atoms with Gasteiger partial charge >= 0.3 is 6.18 Å². The van der Waals surface area contributed by atoms with Gasteiger partial charge in [-0.3, -0.25) is 24.0 Å². The molecule has 3 aromatic rings. The van der Waals surface area contributed by atoms with E-state index in [1.54, 1.807) is 10.7 Å². The van der Waals surface area contributed by atoms with E-state index in [1.165, 1.54) is 17.2 Å². The highest BCUT2D eigenvalue weighted by Gasteiger charge is 2.31. The Morgan fingerprint density at radius 3 is 2.74 bits per heavy atom. The van der Waals surface area contributed by atoms with Gasteiger partial charge in [-0.2, -0.15) is 23.4 Å². The summed E-state index contributed by atoms with van der Waals surface area (Å²) in [6.45, 7) is 1.12. The predicted molar refractivity (Wildman–Crippen MR) is 117 cm³/mol. The zero-order valence-electron chi connectivity index (χ0n) is 18.1. The summed E-state index contributed by atoms with van der Waals surface area (Å²) in [6.07, 6.45) is -1.83. The number of H-pyrrole nitrogens is 1. The first-order chi connectivity index (χ1) is 16.6. The molecule has 0 radical (unpaired) electrons. The Balaban J connectivity index is 1.39. The fraction of sp³-hybridized carbons (Fsp3) is 0.333. The number of nitrogens with one attached hydrogen (secondary N) is 2. The lowest BCUT2D eigenvalue weighted by molar-refractivity contribution is -0.137. The van der Waals surface area contributed by atoms with Crippen molar-refractivity contribution in [1.29, 1.82) is 0 Å². The van der Waals surface area contributed by atoms with Crippen LogP contribution in [-0.4, -0.2) is 54.8 Å². The van der Waals surface area contributed by atoms with Gasteiger partial charge in [0.05, 0.1) is 28.5 Å². The monoisotopic (exact) mass is 509 g/mol. The molecule has 184 valence electrons. The summed E-state index contributed by atoms with van der Waals surface area (Å²) < 4.78 is 39.8. The first-order valence-corrected chi connectivity index (χ1v) is 10.9. The molecule has 0 aliphatic carbocycles. The summed E-state index contributed by atoms with van der Waals surface area (Å²) in [4.78, 5) is 42.5. The van der Waals surface area contributed by atoms with E-state index in [9.17, 15) is 27.6 Å². The summed E-state index contributed by atoms with van der Waals surface area (Å²) in [5.74, 6) is -0.938. The predicted octanol–water partition coefficient (Wildman–Crippen LogP) is 2.05. The van der Waals surface area contributed by atoms with Crippen LogP contribution in [0.2, 0.25) is 5.02 Å². The molecule has 14 heteroatoms. The number of rotatable bonds is 5. The van der Waals surface area contributed by atoms with E-state index in [-0.39, 0.29) is 41.5 Å². The van der Waals surface area contributed by atoms with Crippen molar-refractivity contribution >= 4 is 23.4 Å². The Hall–Kier alpha value is -3.74. The maximum Gasteiger partial charge on any atom is 0.417 e. The van der Waals surface area contributed by atoms with Crippen molar-refractivity contribution in [1.82, 2.24) is 35.2 Å². The van der Waals surface area contributed by atoms with Crippen molar-refractivity contribution in [3.63, 3.8) is 0 Å². The van der Waals surface area contributed by atoms with Gasteiger partial charge < -0.3 is 10.2 Å². The number of pyridine rings is 1. The van der Waals surface area contributed by atoms with Crippen LogP contribution in [0.25, 0.3) is 0 Å². The smallest absolute Gasteiger partial charge is 0.350 e. The van der Waals surface area contributed by atoms with E-state index in [0.29, 0.717) is 31.4 Å². The van der Waals surface area contributed by atoms with E-state index in [2.05, 4.69) is 25.6 Å².